The zero-order valence-electron chi connectivity index (χ0n) is 13.2. The van der Waals surface area contributed by atoms with E-state index in [1.165, 1.54) is 0 Å². The summed E-state index contributed by atoms with van der Waals surface area (Å²) in [6.07, 6.45) is 0. The molecule has 0 spiro atoms. The van der Waals surface area contributed by atoms with Crippen LogP contribution in [0.4, 0.5) is 0 Å². The molecule has 0 aliphatic carbocycles. The van der Waals surface area contributed by atoms with Gasteiger partial charge in [0, 0.05) is 23.6 Å². The number of ether oxygens (including phenoxy) is 4. The van der Waals surface area contributed by atoms with Crippen molar-refractivity contribution in [2.75, 3.05) is 21.3 Å². The highest BCUT2D eigenvalue weighted by atomic mass is 16.5. The fraction of sp³-hybridized carbons (Fsp3) is 0.167. The Labute approximate surface area is 134 Å². The second kappa shape index (κ2) is 6.44. The lowest BCUT2D eigenvalue weighted by atomic mass is 10.2. The SMILES string of the molecule is COc1cc(Oc2ccc3ccccc3n2)cc(OC)c1OC. The summed E-state index contributed by atoms with van der Waals surface area (Å²) in [6, 6.07) is 15.1. The fourth-order valence-corrected chi connectivity index (χ4v) is 2.34. The number of pyridine rings is 1. The smallest absolute Gasteiger partial charge is 0.219 e. The van der Waals surface area contributed by atoms with E-state index in [0.717, 1.165) is 10.9 Å². The van der Waals surface area contributed by atoms with Crippen molar-refractivity contribution in [2.24, 2.45) is 0 Å². The molecule has 0 bridgehead atoms. The van der Waals surface area contributed by atoms with Crippen LogP contribution < -0.4 is 18.9 Å². The topological polar surface area (TPSA) is 49.8 Å². The summed E-state index contributed by atoms with van der Waals surface area (Å²) < 4.78 is 21.8. The third kappa shape index (κ3) is 2.99. The number of para-hydroxylation sites is 1. The summed E-state index contributed by atoms with van der Waals surface area (Å²) in [5, 5.41) is 1.06. The van der Waals surface area contributed by atoms with Crippen LogP contribution in [0, 0.1) is 0 Å². The summed E-state index contributed by atoms with van der Waals surface area (Å²) in [5.41, 5.74) is 0.873. The highest BCUT2D eigenvalue weighted by Crippen LogP contribution is 2.41. The Bertz CT molecular complexity index is 807. The molecule has 23 heavy (non-hydrogen) atoms. The fourth-order valence-electron chi connectivity index (χ4n) is 2.34. The summed E-state index contributed by atoms with van der Waals surface area (Å²) >= 11 is 0. The normalized spacial score (nSPS) is 10.4. The molecule has 0 fully saturated rings. The molecule has 1 heterocycles. The first kappa shape index (κ1) is 15.0. The Morgan fingerprint density at radius 1 is 0.783 bits per heavy atom. The minimum atomic E-state index is 0.498. The molecule has 0 aliphatic heterocycles. The van der Waals surface area contributed by atoms with E-state index in [2.05, 4.69) is 4.98 Å². The van der Waals surface area contributed by atoms with E-state index in [0.29, 0.717) is 28.9 Å². The Kier molecular flexibility index (Phi) is 4.19. The van der Waals surface area contributed by atoms with E-state index in [4.69, 9.17) is 18.9 Å². The monoisotopic (exact) mass is 311 g/mol. The van der Waals surface area contributed by atoms with Gasteiger partial charge in [-0.3, -0.25) is 0 Å². The van der Waals surface area contributed by atoms with E-state index in [1.807, 2.05) is 36.4 Å². The molecule has 1 aromatic heterocycles. The van der Waals surface area contributed by atoms with Crippen LogP contribution >= 0.6 is 0 Å². The lowest BCUT2D eigenvalue weighted by molar-refractivity contribution is 0.320. The van der Waals surface area contributed by atoms with Crippen molar-refractivity contribution in [1.82, 2.24) is 4.98 Å². The van der Waals surface area contributed by atoms with Gasteiger partial charge in [0.1, 0.15) is 5.75 Å². The van der Waals surface area contributed by atoms with Gasteiger partial charge in [0.05, 0.1) is 26.8 Å². The lowest BCUT2D eigenvalue weighted by Gasteiger charge is -2.14. The van der Waals surface area contributed by atoms with Crippen LogP contribution in [0.1, 0.15) is 0 Å². The average Bonchev–Trinajstić information content (AvgIpc) is 2.60. The van der Waals surface area contributed by atoms with Gasteiger partial charge in [-0.05, 0) is 12.1 Å². The zero-order valence-corrected chi connectivity index (χ0v) is 13.2. The first-order valence-electron chi connectivity index (χ1n) is 7.09. The molecule has 3 aromatic rings. The number of aromatic nitrogens is 1. The number of nitrogens with zero attached hydrogens (tertiary/aromatic N) is 1. The van der Waals surface area contributed by atoms with E-state index < -0.39 is 0 Å². The Balaban J connectivity index is 1.97. The maximum Gasteiger partial charge on any atom is 0.219 e. The van der Waals surface area contributed by atoms with Crippen LogP contribution in [-0.2, 0) is 0 Å². The number of benzene rings is 2. The number of hydrogen-bond donors (Lipinski definition) is 0. The van der Waals surface area contributed by atoms with Crippen molar-refractivity contribution in [3.05, 3.63) is 48.5 Å². The molecule has 5 heteroatoms. The maximum absolute atomic E-state index is 5.84. The Hall–Kier alpha value is -2.95. The summed E-state index contributed by atoms with van der Waals surface area (Å²) in [7, 11) is 4.69. The third-order valence-corrected chi connectivity index (χ3v) is 3.43. The maximum atomic E-state index is 5.84. The van der Waals surface area contributed by atoms with Crippen molar-refractivity contribution >= 4 is 10.9 Å². The molecule has 0 N–H and O–H groups in total. The van der Waals surface area contributed by atoms with Gasteiger partial charge in [0.15, 0.2) is 11.5 Å². The van der Waals surface area contributed by atoms with Crippen molar-refractivity contribution < 1.29 is 18.9 Å². The number of hydrogen-bond acceptors (Lipinski definition) is 5. The molecule has 0 saturated carbocycles. The molecule has 0 aliphatic rings. The van der Waals surface area contributed by atoms with Gasteiger partial charge in [0.25, 0.3) is 0 Å². The minimum absolute atomic E-state index is 0.498. The first-order valence-corrected chi connectivity index (χ1v) is 7.09. The minimum Gasteiger partial charge on any atom is -0.493 e. The molecule has 0 atom stereocenters. The van der Waals surface area contributed by atoms with E-state index in [9.17, 15) is 0 Å². The highest BCUT2D eigenvalue weighted by molar-refractivity contribution is 5.78. The standard InChI is InChI=1S/C18H17NO4/c1-20-15-10-13(11-16(21-2)18(15)22-3)23-17-9-8-12-6-4-5-7-14(12)19-17/h4-11H,1-3H3. The predicted molar refractivity (Wildman–Crippen MR) is 87.9 cm³/mol. The Morgan fingerprint density at radius 3 is 2.13 bits per heavy atom. The van der Waals surface area contributed by atoms with Gasteiger partial charge in [-0.2, -0.15) is 0 Å². The quantitative estimate of drug-likeness (QED) is 0.711. The van der Waals surface area contributed by atoms with E-state index >= 15 is 0 Å². The van der Waals surface area contributed by atoms with Gasteiger partial charge >= 0.3 is 0 Å². The second-order valence-corrected chi connectivity index (χ2v) is 4.81. The molecule has 0 amide bonds. The lowest BCUT2D eigenvalue weighted by Crippen LogP contribution is -1.96. The van der Waals surface area contributed by atoms with Gasteiger partial charge in [0.2, 0.25) is 11.6 Å². The van der Waals surface area contributed by atoms with Crippen LogP contribution in [0.3, 0.4) is 0 Å². The molecule has 118 valence electrons. The average molecular weight is 311 g/mol. The molecule has 2 aromatic carbocycles. The van der Waals surface area contributed by atoms with Crippen molar-refractivity contribution in [3.63, 3.8) is 0 Å². The summed E-state index contributed by atoms with van der Waals surface area (Å²) in [4.78, 5) is 4.49. The third-order valence-electron chi connectivity index (χ3n) is 3.43. The zero-order chi connectivity index (χ0) is 16.2. The highest BCUT2D eigenvalue weighted by Gasteiger charge is 2.14. The number of fused-ring (bicyclic) bond motifs is 1. The molecule has 3 rings (SSSR count). The predicted octanol–water partition coefficient (Wildman–Crippen LogP) is 4.05. The van der Waals surface area contributed by atoms with Crippen molar-refractivity contribution in [1.29, 1.82) is 0 Å². The van der Waals surface area contributed by atoms with Gasteiger partial charge in [-0.25, -0.2) is 4.98 Å². The van der Waals surface area contributed by atoms with Gasteiger partial charge < -0.3 is 18.9 Å². The van der Waals surface area contributed by atoms with Crippen LogP contribution in [0.2, 0.25) is 0 Å². The van der Waals surface area contributed by atoms with E-state index in [1.54, 1.807) is 33.5 Å². The summed E-state index contributed by atoms with van der Waals surface area (Å²) in [5.74, 6) is 2.64. The number of rotatable bonds is 5. The van der Waals surface area contributed by atoms with Crippen molar-refractivity contribution in [2.45, 2.75) is 0 Å². The van der Waals surface area contributed by atoms with Crippen molar-refractivity contribution in [3.8, 4) is 28.9 Å². The first-order chi connectivity index (χ1) is 11.2. The largest absolute Gasteiger partial charge is 0.493 e. The molecular weight excluding hydrogens is 294 g/mol. The van der Waals surface area contributed by atoms with Crippen LogP contribution in [-0.4, -0.2) is 26.3 Å². The van der Waals surface area contributed by atoms with E-state index in [-0.39, 0.29) is 0 Å². The summed E-state index contributed by atoms with van der Waals surface area (Å²) in [6.45, 7) is 0. The van der Waals surface area contributed by atoms with Crippen LogP contribution in [0.15, 0.2) is 48.5 Å². The molecular formula is C18H17NO4. The molecule has 5 nitrogen and oxygen atoms in total. The van der Waals surface area contributed by atoms with Gasteiger partial charge in [-0.1, -0.05) is 18.2 Å². The molecule has 0 radical (unpaired) electrons. The number of methoxy groups -OCH3 is 3. The van der Waals surface area contributed by atoms with Crippen LogP contribution in [0.25, 0.3) is 10.9 Å². The van der Waals surface area contributed by atoms with Gasteiger partial charge in [-0.15, -0.1) is 0 Å². The van der Waals surface area contributed by atoms with Crippen LogP contribution in [0.5, 0.6) is 28.9 Å². The second-order valence-electron chi connectivity index (χ2n) is 4.81. The Morgan fingerprint density at radius 2 is 1.48 bits per heavy atom. The molecule has 0 saturated heterocycles. The molecule has 0 unspecified atom stereocenters.